The van der Waals surface area contributed by atoms with Gasteiger partial charge in [0.2, 0.25) is 0 Å². The van der Waals surface area contributed by atoms with Gasteiger partial charge in [-0.3, -0.25) is 12.9 Å². The Morgan fingerprint density at radius 1 is 1.17 bits per heavy atom. The number of rotatable bonds is 0. The van der Waals surface area contributed by atoms with Crippen LogP contribution in [-0.2, 0) is 4.74 Å². The number of hydrogen-bond acceptors (Lipinski definition) is 2. The predicted octanol–water partition coefficient (Wildman–Crippen LogP) is 0.447. The maximum absolute atomic E-state index is 9.67. The summed E-state index contributed by atoms with van der Waals surface area (Å²) in [5.41, 5.74) is 0. The van der Waals surface area contributed by atoms with Crippen molar-refractivity contribution < 1.29 is 17.7 Å². The zero-order valence-electron chi connectivity index (χ0n) is 7.40. The molecule has 1 saturated heterocycles. The molecular formula is C5H11BF3KNO. The van der Waals surface area contributed by atoms with Crippen LogP contribution in [0.15, 0.2) is 0 Å². The van der Waals surface area contributed by atoms with Gasteiger partial charge in [-0.15, -0.1) is 0 Å². The second kappa shape index (κ2) is 10.5. The Hall–Kier alpha value is 1.41. The second-order valence-corrected chi connectivity index (χ2v) is 2.16. The molecule has 0 bridgehead atoms. The Labute approximate surface area is 113 Å². The van der Waals surface area contributed by atoms with Crippen molar-refractivity contribution in [1.82, 2.24) is 4.90 Å². The molecule has 67 valence electrons. The van der Waals surface area contributed by atoms with Gasteiger partial charge in [0.1, 0.15) is 0 Å². The Bertz CT molecular complexity index is 92.0. The van der Waals surface area contributed by atoms with Crippen LogP contribution in [0.5, 0.6) is 0 Å². The summed E-state index contributed by atoms with van der Waals surface area (Å²) in [5.74, 6) is 0. The number of nitrogens with zero attached hydrogens (tertiary/aromatic N) is 1. The zero-order valence-corrected chi connectivity index (χ0v) is 10.5. The number of hydrogen-bond donors (Lipinski definition) is 0. The van der Waals surface area contributed by atoms with Crippen molar-refractivity contribution in [2.75, 3.05) is 33.4 Å². The van der Waals surface area contributed by atoms with E-state index in [2.05, 4.69) is 11.9 Å². The SMILES string of the molecule is CN1CCOCC1.FB(F)F.[K]. The van der Waals surface area contributed by atoms with Crippen LogP contribution >= 0.6 is 0 Å². The first-order valence-corrected chi connectivity index (χ1v) is 3.31. The molecular weight excluding hydrogens is 197 g/mol. The Morgan fingerprint density at radius 2 is 1.50 bits per heavy atom. The van der Waals surface area contributed by atoms with Crippen LogP contribution < -0.4 is 0 Å². The first-order chi connectivity index (χ1) is 5.13. The molecule has 0 spiro atoms. The van der Waals surface area contributed by atoms with Gasteiger partial charge in [-0.25, -0.2) is 0 Å². The number of halogens is 3. The summed E-state index contributed by atoms with van der Waals surface area (Å²) in [7, 11) is -1.55. The first kappa shape index (κ1) is 15.9. The second-order valence-electron chi connectivity index (χ2n) is 2.16. The van der Waals surface area contributed by atoms with E-state index in [0.29, 0.717) is 0 Å². The maximum Gasteiger partial charge on any atom is 0.762 e. The quantitative estimate of drug-likeness (QED) is 0.536. The maximum atomic E-state index is 9.67. The largest absolute Gasteiger partial charge is 0.762 e. The predicted molar refractivity (Wildman–Crippen MR) is 43.1 cm³/mol. The van der Waals surface area contributed by atoms with E-state index in [1.165, 1.54) is 0 Å². The third-order valence-electron chi connectivity index (χ3n) is 1.23. The number of likely N-dealkylation sites (N-methyl/N-ethyl adjacent to an activating group) is 1. The van der Waals surface area contributed by atoms with Crippen LogP contribution in [0.25, 0.3) is 0 Å². The number of morpholine rings is 1. The van der Waals surface area contributed by atoms with Crippen molar-refractivity contribution in [2.24, 2.45) is 0 Å². The molecule has 2 nitrogen and oxygen atoms in total. The zero-order chi connectivity index (χ0) is 8.69. The van der Waals surface area contributed by atoms with Crippen molar-refractivity contribution in [2.45, 2.75) is 0 Å². The molecule has 0 N–H and O–H groups in total. The minimum absolute atomic E-state index is 0. The smallest absolute Gasteiger partial charge is 0.379 e. The van der Waals surface area contributed by atoms with E-state index in [0.717, 1.165) is 26.3 Å². The van der Waals surface area contributed by atoms with Crippen LogP contribution in [0.3, 0.4) is 0 Å². The molecule has 0 aromatic heterocycles. The molecule has 1 radical (unpaired) electrons. The number of ether oxygens (including phenoxy) is 1. The molecule has 0 amide bonds. The van der Waals surface area contributed by atoms with E-state index in [9.17, 15) is 12.9 Å². The summed E-state index contributed by atoms with van der Waals surface area (Å²) in [4.78, 5) is 2.27. The van der Waals surface area contributed by atoms with Crippen molar-refractivity contribution >= 4 is 58.9 Å². The average Bonchev–Trinajstić information content (AvgIpc) is 1.87. The van der Waals surface area contributed by atoms with E-state index in [1.54, 1.807) is 0 Å². The minimum Gasteiger partial charge on any atom is -0.379 e. The third kappa shape index (κ3) is 14.0. The van der Waals surface area contributed by atoms with E-state index < -0.39 is 7.54 Å². The molecule has 0 aromatic carbocycles. The molecule has 0 unspecified atom stereocenters. The van der Waals surface area contributed by atoms with Crippen molar-refractivity contribution in [1.29, 1.82) is 0 Å². The molecule has 1 heterocycles. The standard InChI is InChI=1S/C5H11NO.BF3.K/c1-6-2-4-7-5-3-6;2-1(3)4;/h2-5H2,1H3;;. The van der Waals surface area contributed by atoms with Gasteiger partial charge in [0.05, 0.1) is 13.2 Å². The monoisotopic (exact) mass is 208 g/mol. The molecule has 0 aromatic rings. The van der Waals surface area contributed by atoms with Crippen molar-refractivity contribution in [3.8, 4) is 0 Å². The van der Waals surface area contributed by atoms with Crippen molar-refractivity contribution in [3.63, 3.8) is 0 Å². The summed E-state index contributed by atoms with van der Waals surface area (Å²) < 4.78 is 34.1. The van der Waals surface area contributed by atoms with Gasteiger partial charge in [-0.2, -0.15) is 0 Å². The molecule has 1 fully saturated rings. The van der Waals surface area contributed by atoms with E-state index in [1.807, 2.05) is 0 Å². The Balaban J connectivity index is 0. The molecule has 1 aliphatic rings. The van der Waals surface area contributed by atoms with Gasteiger partial charge in [0.25, 0.3) is 0 Å². The van der Waals surface area contributed by atoms with E-state index >= 15 is 0 Å². The van der Waals surface area contributed by atoms with Gasteiger partial charge in [-0.05, 0) is 7.05 Å². The fraction of sp³-hybridized carbons (Fsp3) is 1.00. The van der Waals surface area contributed by atoms with Gasteiger partial charge in [0.15, 0.2) is 0 Å². The average molecular weight is 208 g/mol. The molecule has 7 heteroatoms. The van der Waals surface area contributed by atoms with Crippen LogP contribution in [-0.4, -0.2) is 97.2 Å². The topological polar surface area (TPSA) is 12.5 Å². The van der Waals surface area contributed by atoms with Gasteiger partial charge in [-0.1, -0.05) is 0 Å². The molecule has 1 aliphatic heterocycles. The molecule has 1 rings (SSSR count). The van der Waals surface area contributed by atoms with Crippen LogP contribution in [0, 0.1) is 0 Å². The van der Waals surface area contributed by atoms with E-state index in [-0.39, 0.29) is 51.4 Å². The summed E-state index contributed by atoms with van der Waals surface area (Å²) in [5, 5.41) is 0. The Kier molecular flexibility index (Phi) is 13.9. The van der Waals surface area contributed by atoms with Crippen LogP contribution in [0.4, 0.5) is 12.9 Å². The van der Waals surface area contributed by atoms with Gasteiger partial charge >= 0.3 is 7.54 Å². The van der Waals surface area contributed by atoms with E-state index in [4.69, 9.17) is 4.74 Å². The van der Waals surface area contributed by atoms with Gasteiger partial charge < -0.3 is 9.64 Å². The van der Waals surface area contributed by atoms with Crippen molar-refractivity contribution in [3.05, 3.63) is 0 Å². The summed E-state index contributed by atoms with van der Waals surface area (Å²) in [6, 6.07) is 0. The fourth-order valence-electron chi connectivity index (χ4n) is 0.655. The third-order valence-corrected chi connectivity index (χ3v) is 1.23. The molecule has 12 heavy (non-hydrogen) atoms. The molecule has 0 saturated carbocycles. The first-order valence-electron chi connectivity index (χ1n) is 3.31. The van der Waals surface area contributed by atoms with Crippen LogP contribution in [0.2, 0.25) is 0 Å². The van der Waals surface area contributed by atoms with Gasteiger partial charge in [0, 0.05) is 64.5 Å². The Morgan fingerprint density at radius 3 is 1.67 bits per heavy atom. The molecule has 0 atom stereocenters. The summed E-state index contributed by atoms with van der Waals surface area (Å²) in [6.45, 7) is 4.02. The summed E-state index contributed by atoms with van der Waals surface area (Å²) in [6.07, 6.45) is 0. The minimum atomic E-state index is -3.67. The fourth-order valence-corrected chi connectivity index (χ4v) is 0.655. The van der Waals surface area contributed by atoms with Crippen LogP contribution in [0.1, 0.15) is 0 Å². The normalized spacial score (nSPS) is 17.0. The molecule has 0 aliphatic carbocycles. The summed E-state index contributed by atoms with van der Waals surface area (Å²) >= 11 is 0.